The SMILES string of the molecule is COc1cccc(N2C(=O)NC(=O)/C(=C/c3ccccc3OC(=O)c3cccc(C)c3)C2=O)c1. The van der Waals surface area contributed by atoms with Crippen LogP contribution in [0.3, 0.4) is 0 Å². The Morgan fingerprint density at radius 2 is 1.71 bits per heavy atom. The summed E-state index contributed by atoms with van der Waals surface area (Å²) in [6, 6.07) is 18.9. The van der Waals surface area contributed by atoms with Gasteiger partial charge < -0.3 is 9.47 Å². The molecule has 1 saturated heterocycles. The second-order valence-electron chi connectivity index (χ2n) is 7.46. The van der Waals surface area contributed by atoms with Gasteiger partial charge in [-0.05, 0) is 43.3 Å². The fourth-order valence-electron chi connectivity index (χ4n) is 3.42. The molecular weight excluding hydrogens is 436 g/mol. The lowest BCUT2D eigenvalue weighted by Crippen LogP contribution is -2.54. The molecule has 8 nitrogen and oxygen atoms in total. The van der Waals surface area contributed by atoms with Crippen LogP contribution in [-0.4, -0.2) is 30.9 Å². The number of carbonyl (C=O) groups is 4. The first kappa shape index (κ1) is 22.5. The van der Waals surface area contributed by atoms with Gasteiger partial charge in [0.15, 0.2) is 0 Å². The quantitative estimate of drug-likeness (QED) is 0.271. The smallest absolute Gasteiger partial charge is 0.343 e. The first-order valence-electron chi connectivity index (χ1n) is 10.3. The Hall–Kier alpha value is -4.72. The molecule has 3 aromatic carbocycles. The molecule has 1 aliphatic heterocycles. The maximum atomic E-state index is 13.2. The van der Waals surface area contributed by atoms with Gasteiger partial charge in [0.1, 0.15) is 17.1 Å². The Bertz CT molecular complexity index is 1340. The van der Waals surface area contributed by atoms with E-state index in [1.807, 2.05) is 13.0 Å². The number of esters is 1. The van der Waals surface area contributed by atoms with E-state index in [9.17, 15) is 19.2 Å². The van der Waals surface area contributed by atoms with Crippen LogP contribution in [0.5, 0.6) is 11.5 Å². The molecule has 0 atom stereocenters. The van der Waals surface area contributed by atoms with Crippen molar-refractivity contribution in [3.05, 3.63) is 95.1 Å². The van der Waals surface area contributed by atoms with Gasteiger partial charge in [0.2, 0.25) is 0 Å². The third-order valence-corrected chi connectivity index (χ3v) is 5.09. The molecule has 170 valence electrons. The van der Waals surface area contributed by atoms with E-state index >= 15 is 0 Å². The van der Waals surface area contributed by atoms with Crippen molar-refractivity contribution in [3.8, 4) is 11.5 Å². The Kier molecular flexibility index (Phi) is 6.22. The topological polar surface area (TPSA) is 102 Å². The Morgan fingerprint density at radius 1 is 0.941 bits per heavy atom. The highest BCUT2D eigenvalue weighted by Crippen LogP contribution is 2.27. The number of anilines is 1. The first-order valence-corrected chi connectivity index (χ1v) is 10.3. The van der Waals surface area contributed by atoms with Gasteiger partial charge in [-0.2, -0.15) is 0 Å². The zero-order chi connectivity index (χ0) is 24.2. The number of para-hydroxylation sites is 1. The average molecular weight is 456 g/mol. The number of urea groups is 1. The molecule has 0 unspecified atom stereocenters. The number of rotatable bonds is 5. The summed E-state index contributed by atoms with van der Waals surface area (Å²) in [4.78, 5) is 51.6. The minimum absolute atomic E-state index is 0.159. The highest BCUT2D eigenvalue weighted by Gasteiger charge is 2.37. The van der Waals surface area contributed by atoms with Crippen molar-refractivity contribution in [2.75, 3.05) is 12.0 Å². The van der Waals surface area contributed by atoms with Gasteiger partial charge in [-0.15, -0.1) is 0 Å². The fraction of sp³-hybridized carbons (Fsp3) is 0.0769. The summed E-state index contributed by atoms with van der Waals surface area (Å²) in [7, 11) is 1.46. The van der Waals surface area contributed by atoms with Gasteiger partial charge in [-0.25, -0.2) is 14.5 Å². The van der Waals surface area contributed by atoms with Crippen molar-refractivity contribution in [2.45, 2.75) is 6.92 Å². The number of hydrogen-bond donors (Lipinski definition) is 1. The highest BCUT2D eigenvalue weighted by atomic mass is 16.5. The summed E-state index contributed by atoms with van der Waals surface area (Å²) in [5, 5.41) is 2.17. The van der Waals surface area contributed by atoms with Gasteiger partial charge in [0.05, 0.1) is 18.4 Å². The van der Waals surface area contributed by atoms with E-state index in [0.717, 1.165) is 10.5 Å². The van der Waals surface area contributed by atoms with Crippen molar-refractivity contribution >= 4 is 35.6 Å². The summed E-state index contributed by atoms with van der Waals surface area (Å²) >= 11 is 0. The van der Waals surface area contributed by atoms with Crippen LogP contribution in [0.1, 0.15) is 21.5 Å². The minimum Gasteiger partial charge on any atom is -0.497 e. The standard InChI is InChI=1S/C26H20N2O6/c1-16-7-5-9-18(13-16)25(31)34-22-12-4-3-8-17(22)14-21-23(29)27-26(32)28(24(21)30)19-10-6-11-20(15-19)33-2/h3-15H,1-2H3,(H,27,29,32)/b21-14-. The number of ether oxygens (including phenoxy) is 2. The van der Waals surface area contributed by atoms with Crippen LogP contribution in [0, 0.1) is 6.92 Å². The lowest BCUT2D eigenvalue weighted by molar-refractivity contribution is -0.122. The number of carbonyl (C=O) groups excluding carboxylic acids is 4. The molecule has 0 bridgehead atoms. The average Bonchev–Trinajstić information content (AvgIpc) is 2.82. The molecule has 0 saturated carbocycles. The van der Waals surface area contributed by atoms with Crippen molar-refractivity contribution in [3.63, 3.8) is 0 Å². The van der Waals surface area contributed by atoms with Crippen LogP contribution < -0.4 is 19.7 Å². The largest absolute Gasteiger partial charge is 0.497 e. The van der Waals surface area contributed by atoms with E-state index in [0.29, 0.717) is 16.9 Å². The predicted molar refractivity (Wildman–Crippen MR) is 125 cm³/mol. The molecule has 4 rings (SSSR count). The summed E-state index contributed by atoms with van der Waals surface area (Å²) < 4.78 is 10.7. The lowest BCUT2D eigenvalue weighted by Gasteiger charge is -2.26. The van der Waals surface area contributed by atoms with E-state index in [-0.39, 0.29) is 17.0 Å². The maximum absolute atomic E-state index is 13.2. The Morgan fingerprint density at radius 3 is 2.47 bits per heavy atom. The summed E-state index contributed by atoms with van der Waals surface area (Å²) in [6.07, 6.45) is 1.29. The summed E-state index contributed by atoms with van der Waals surface area (Å²) in [6.45, 7) is 1.86. The number of methoxy groups -OCH3 is 1. The van der Waals surface area contributed by atoms with E-state index in [4.69, 9.17) is 9.47 Å². The molecule has 1 fully saturated rings. The molecule has 4 amide bonds. The molecule has 0 spiro atoms. The maximum Gasteiger partial charge on any atom is 0.343 e. The van der Waals surface area contributed by atoms with Gasteiger partial charge >= 0.3 is 12.0 Å². The van der Waals surface area contributed by atoms with Gasteiger partial charge in [0, 0.05) is 11.6 Å². The molecule has 34 heavy (non-hydrogen) atoms. The number of nitrogens with zero attached hydrogens (tertiary/aromatic N) is 1. The Balaban J connectivity index is 1.68. The fourth-order valence-corrected chi connectivity index (χ4v) is 3.42. The van der Waals surface area contributed by atoms with Gasteiger partial charge in [-0.1, -0.05) is 42.0 Å². The Labute approximate surface area is 195 Å². The van der Waals surface area contributed by atoms with Crippen LogP contribution in [0.25, 0.3) is 6.08 Å². The molecule has 3 aromatic rings. The zero-order valence-corrected chi connectivity index (χ0v) is 18.4. The van der Waals surface area contributed by atoms with Crippen LogP contribution >= 0.6 is 0 Å². The van der Waals surface area contributed by atoms with Crippen molar-refractivity contribution in [1.82, 2.24) is 5.32 Å². The number of imide groups is 2. The number of amides is 4. The normalized spacial score (nSPS) is 14.7. The second-order valence-corrected chi connectivity index (χ2v) is 7.46. The zero-order valence-electron chi connectivity index (χ0n) is 18.4. The highest BCUT2D eigenvalue weighted by molar-refractivity contribution is 6.39. The van der Waals surface area contributed by atoms with Crippen molar-refractivity contribution < 1.29 is 28.7 Å². The summed E-state index contributed by atoms with van der Waals surface area (Å²) in [5.41, 5.74) is 1.53. The third-order valence-electron chi connectivity index (χ3n) is 5.09. The molecule has 1 heterocycles. The number of hydrogen-bond acceptors (Lipinski definition) is 6. The monoisotopic (exact) mass is 456 g/mol. The van der Waals surface area contributed by atoms with Gasteiger partial charge in [-0.3, -0.25) is 14.9 Å². The van der Waals surface area contributed by atoms with E-state index < -0.39 is 23.8 Å². The van der Waals surface area contributed by atoms with Gasteiger partial charge in [0.25, 0.3) is 11.8 Å². The van der Waals surface area contributed by atoms with E-state index in [1.54, 1.807) is 60.7 Å². The molecule has 1 aliphatic rings. The predicted octanol–water partition coefficient (Wildman–Crippen LogP) is 3.89. The minimum atomic E-state index is -0.875. The van der Waals surface area contributed by atoms with Crippen LogP contribution in [-0.2, 0) is 9.59 Å². The van der Waals surface area contributed by atoms with Crippen LogP contribution in [0.2, 0.25) is 0 Å². The molecule has 1 N–H and O–H groups in total. The van der Waals surface area contributed by atoms with Crippen molar-refractivity contribution in [1.29, 1.82) is 0 Å². The first-order chi connectivity index (χ1) is 16.4. The molecule has 0 aromatic heterocycles. The third kappa shape index (κ3) is 4.56. The number of barbiturate groups is 1. The van der Waals surface area contributed by atoms with E-state index in [1.165, 1.54) is 19.3 Å². The molecular formula is C26H20N2O6. The van der Waals surface area contributed by atoms with E-state index in [2.05, 4.69) is 5.32 Å². The number of aryl methyl sites for hydroxylation is 1. The molecule has 8 heteroatoms. The number of nitrogens with one attached hydrogen (secondary N) is 1. The number of benzene rings is 3. The molecule has 0 aliphatic carbocycles. The van der Waals surface area contributed by atoms with Crippen LogP contribution in [0.15, 0.2) is 78.4 Å². The van der Waals surface area contributed by atoms with Crippen LogP contribution in [0.4, 0.5) is 10.5 Å². The summed E-state index contributed by atoms with van der Waals surface area (Å²) in [5.74, 6) is -1.65. The molecule has 0 radical (unpaired) electrons. The van der Waals surface area contributed by atoms with Crippen molar-refractivity contribution in [2.24, 2.45) is 0 Å². The second kappa shape index (κ2) is 9.41. The lowest BCUT2D eigenvalue weighted by atomic mass is 10.1.